The standard InChI is InChI=1S/C13H17N/c1-4-10-14-13-9-7-6-8-12(13)11(3)5-2/h4-9,11,14H,1-2,10H2,3H3. The minimum atomic E-state index is 0.378. The van der Waals surface area contributed by atoms with Crippen LogP contribution < -0.4 is 5.32 Å². The summed E-state index contributed by atoms with van der Waals surface area (Å²) in [7, 11) is 0. The number of allylic oxidation sites excluding steroid dienone is 1. The zero-order valence-corrected chi connectivity index (χ0v) is 8.66. The van der Waals surface area contributed by atoms with Crippen LogP contribution in [-0.2, 0) is 0 Å². The van der Waals surface area contributed by atoms with Gasteiger partial charge >= 0.3 is 0 Å². The quantitative estimate of drug-likeness (QED) is 0.695. The van der Waals surface area contributed by atoms with E-state index in [0.29, 0.717) is 5.92 Å². The van der Waals surface area contributed by atoms with E-state index in [2.05, 4.69) is 43.6 Å². The van der Waals surface area contributed by atoms with E-state index >= 15 is 0 Å². The summed E-state index contributed by atoms with van der Waals surface area (Å²) in [5.41, 5.74) is 2.45. The maximum absolute atomic E-state index is 3.81. The van der Waals surface area contributed by atoms with Crippen LogP contribution in [0.15, 0.2) is 49.6 Å². The molecule has 0 bridgehead atoms. The smallest absolute Gasteiger partial charge is 0.0381 e. The van der Waals surface area contributed by atoms with Crippen molar-refractivity contribution in [3.8, 4) is 0 Å². The lowest BCUT2D eigenvalue weighted by Gasteiger charge is -2.13. The van der Waals surface area contributed by atoms with Crippen LogP contribution in [-0.4, -0.2) is 6.54 Å². The Labute approximate surface area is 86.2 Å². The van der Waals surface area contributed by atoms with E-state index in [1.165, 1.54) is 11.3 Å². The maximum Gasteiger partial charge on any atom is 0.0381 e. The predicted octanol–water partition coefficient (Wildman–Crippen LogP) is 3.57. The van der Waals surface area contributed by atoms with E-state index in [1.54, 1.807) is 0 Å². The van der Waals surface area contributed by atoms with Crippen molar-refractivity contribution in [1.29, 1.82) is 0 Å². The molecule has 1 nitrogen and oxygen atoms in total. The van der Waals surface area contributed by atoms with Gasteiger partial charge in [-0.15, -0.1) is 13.2 Å². The summed E-state index contributed by atoms with van der Waals surface area (Å²) < 4.78 is 0. The predicted molar refractivity (Wildman–Crippen MR) is 63.7 cm³/mol. The molecular weight excluding hydrogens is 170 g/mol. The van der Waals surface area contributed by atoms with Gasteiger partial charge in [-0.1, -0.05) is 37.3 Å². The number of hydrogen-bond donors (Lipinski definition) is 1. The lowest BCUT2D eigenvalue weighted by molar-refractivity contribution is 0.970. The molecule has 0 aliphatic carbocycles. The van der Waals surface area contributed by atoms with E-state index < -0.39 is 0 Å². The van der Waals surface area contributed by atoms with E-state index in [4.69, 9.17) is 0 Å². The molecular formula is C13H17N. The highest BCUT2D eigenvalue weighted by Crippen LogP contribution is 2.24. The third-order valence-corrected chi connectivity index (χ3v) is 2.24. The molecule has 0 spiro atoms. The third-order valence-electron chi connectivity index (χ3n) is 2.24. The van der Waals surface area contributed by atoms with Gasteiger partial charge in [0.05, 0.1) is 0 Å². The number of rotatable bonds is 5. The fourth-order valence-electron chi connectivity index (χ4n) is 1.36. The Balaban J connectivity index is 2.90. The average molecular weight is 187 g/mol. The molecule has 0 amide bonds. The maximum atomic E-state index is 3.81. The molecule has 1 aromatic carbocycles. The Morgan fingerprint density at radius 3 is 2.71 bits per heavy atom. The molecule has 74 valence electrons. The van der Waals surface area contributed by atoms with Gasteiger partial charge < -0.3 is 5.32 Å². The summed E-state index contributed by atoms with van der Waals surface area (Å²) in [5, 5.41) is 3.31. The number of benzene rings is 1. The number of hydrogen-bond acceptors (Lipinski definition) is 1. The van der Waals surface area contributed by atoms with Crippen molar-refractivity contribution in [3.63, 3.8) is 0 Å². The van der Waals surface area contributed by atoms with Gasteiger partial charge in [-0.25, -0.2) is 0 Å². The molecule has 1 unspecified atom stereocenters. The van der Waals surface area contributed by atoms with Gasteiger partial charge in [0.1, 0.15) is 0 Å². The lowest BCUT2D eigenvalue weighted by Crippen LogP contribution is -2.02. The van der Waals surface area contributed by atoms with Gasteiger partial charge in [-0.3, -0.25) is 0 Å². The van der Waals surface area contributed by atoms with Crippen molar-refractivity contribution in [2.45, 2.75) is 12.8 Å². The van der Waals surface area contributed by atoms with Gasteiger partial charge in [-0.2, -0.15) is 0 Å². The van der Waals surface area contributed by atoms with Gasteiger partial charge in [0.25, 0.3) is 0 Å². The molecule has 1 aromatic rings. The van der Waals surface area contributed by atoms with E-state index in [-0.39, 0.29) is 0 Å². The molecule has 0 fully saturated rings. The average Bonchev–Trinajstić information content (AvgIpc) is 2.25. The van der Waals surface area contributed by atoms with E-state index in [0.717, 1.165) is 6.54 Å². The monoisotopic (exact) mass is 187 g/mol. The van der Waals surface area contributed by atoms with Gasteiger partial charge in [0, 0.05) is 18.2 Å². The molecule has 0 saturated heterocycles. The number of nitrogens with one attached hydrogen (secondary N) is 1. The second-order valence-electron chi connectivity index (χ2n) is 3.28. The van der Waals surface area contributed by atoms with Crippen LogP contribution in [0.1, 0.15) is 18.4 Å². The highest BCUT2D eigenvalue weighted by molar-refractivity contribution is 5.53. The zero-order chi connectivity index (χ0) is 10.4. The Morgan fingerprint density at radius 2 is 2.07 bits per heavy atom. The van der Waals surface area contributed by atoms with Crippen molar-refractivity contribution >= 4 is 5.69 Å². The second-order valence-corrected chi connectivity index (χ2v) is 3.28. The molecule has 0 radical (unpaired) electrons. The molecule has 0 aliphatic rings. The molecule has 1 atom stereocenters. The Hall–Kier alpha value is -1.50. The van der Waals surface area contributed by atoms with Gasteiger partial charge in [-0.05, 0) is 11.6 Å². The summed E-state index contributed by atoms with van der Waals surface area (Å²) in [5.74, 6) is 0.378. The lowest BCUT2D eigenvalue weighted by atomic mass is 9.99. The van der Waals surface area contributed by atoms with Crippen molar-refractivity contribution < 1.29 is 0 Å². The fraction of sp³-hybridized carbons (Fsp3) is 0.231. The summed E-state index contributed by atoms with van der Waals surface area (Å²) >= 11 is 0. The summed E-state index contributed by atoms with van der Waals surface area (Å²) in [6, 6.07) is 8.29. The number of para-hydroxylation sites is 1. The van der Waals surface area contributed by atoms with Crippen LogP contribution >= 0.6 is 0 Å². The number of anilines is 1. The highest BCUT2D eigenvalue weighted by atomic mass is 14.9. The SMILES string of the molecule is C=CCNc1ccccc1C(C)C=C. The first kappa shape index (κ1) is 10.6. The summed E-state index contributed by atoms with van der Waals surface area (Å²) in [4.78, 5) is 0. The molecule has 1 N–H and O–H groups in total. The molecule has 0 heterocycles. The normalized spacial score (nSPS) is 11.8. The highest BCUT2D eigenvalue weighted by Gasteiger charge is 2.05. The second kappa shape index (κ2) is 5.28. The fourth-order valence-corrected chi connectivity index (χ4v) is 1.36. The molecule has 0 aromatic heterocycles. The third kappa shape index (κ3) is 2.49. The van der Waals surface area contributed by atoms with E-state index in [1.807, 2.05) is 18.2 Å². The first-order chi connectivity index (χ1) is 6.79. The van der Waals surface area contributed by atoms with Crippen LogP contribution in [0.5, 0.6) is 0 Å². The van der Waals surface area contributed by atoms with Crippen LogP contribution in [0.25, 0.3) is 0 Å². The van der Waals surface area contributed by atoms with Gasteiger partial charge in [0.2, 0.25) is 0 Å². The van der Waals surface area contributed by atoms with Crippen molar-refractivity contribution in [2.75, 3.05) is 11.9 Å². The minimum Gasteiger partial charge on any atom is -0.381 e. The first-order valence-corrected chi connectivity index (χ1v) is 4.86. The summed E-state index contributed by atoms with van der Waals surface area (Å²) in [6.45, 7) is 10.4. The van der Waals surface area contributed by atoms with Crippen LogP contribution in [0.3, 0.4) is 0 Å². The van der Waals surface area contributed by atoms with Gasteiger partial charge in [0.15, 0.2) is 0 Å². The van der Waals surface area contributed by atoms with Crippen LogP contribution in [0.2, 0.25) is 0 Å². The molecule has 1 rings (SSSR count). The molecule has 0 aliphatic heterocycles. The molecule has 0 saturated carbocycles. The zero-order valence-electron chi connectivity index (χ0n) is 8.66. The van der Waals surface area contributed by atoms with Crippen LogP contribution in [0, 0.1) is 0 Å². The Kier molecular flexibility index (Phi) is 3.99. The topological polar surface area (TPSA) is 12.0 Å². The first-order valence-electron chi connectivity index (χ1n) is 4.86. The largest absolute Gasteiger partial charge is 0.381 e. The Morgan fingerprint density at radius 1 is 1.36 bits per heavy atom. The van der Waals surface area contributed by atoms with Crippen LogP contribution in [0.4, 0.5) is 5.69 Å². The van der Waals surface area contributed by atoms with E-state index in [9.17, 15) is 0 Å². The Bertz CT molecular complexity index is 315. The van der Waals surface area contributed by atoms with Crippen molar-refractivity contribution in [2.24, 2.45) is 0 Å². The minimum absolute atomic E-state index is 0.378. The van der Waals surface area contributed by atoms with Crippen molar-refractivity contribution in [1.82, 2.24) is 0 Å². The van der Waals surface area contributed by atoms with Crippen molar-refractivity contribution in [3.05, 3.63) is 55.1 Å². The summed E-state index contributed by atoms with van der Waals surface area (Å²) in [6.07, 6.45) is 3.81. The molecule has 14 heavy (non-hydrogen) atoms. The molecule has 1 heteroatoms.